The minimum atomic E-state index is -0.419. The zero-order valence-corrected chi connectivity index (χ0v) is 15.2. The number of rotatable bonds is 4. The third kappa shape index (κ3) is 5.03. The second-order valence-electron chi connectivity index (χ2n) is 5.16. The summed E-state index contributed by atoms with van der Waals surface area (Å²) < 4.78 is 5.81. The van der Waals surface area contributed by atoms with Crippen LogP contribution in [0, 0.1) is 0 Å². The molecular weight excluding hydrogens is 362 g/mol. The van der Waals surface area contributed by atoms with Crippen LogP contribution >= 0.6 is 35.1 Å². The Bertz CT molecular complexity index is 728. The van der Waals surface area contributed by atoms with Crippen LogP contribution in [0.15, 0.2) is 48.7 Å². The standard InChI is InChI=1S/C18H16ClNO2S2/c19-16-12-13(8-9-20-16)2-7-17(21)22-15-5-3-14(4-6-15)18-23-10-1-11-24-18/h2-9,12,18H,1,10-11H2/b7-2+. The van der Waals surface area contributed by atoms with Gasteiger partial charge in [0.25, 0.3) is 0 Å². The van der Waals surface area contributed by atoms with Crippen LogP contribution < -0.4 is 4.74 Å². The predicted octanol–water partition coefficient (Wildman–Crippen LogP) is 5.22. The Kier molecular flexibility index (Phi) is 6.24. The highest BCUT2D eigenvalue weighted by Crippen LogP contribution is 2.43. The maximum Gasteiger partial charge on any atom is 0.336 e. The number of carbonyl (C=O) groups is 1. The summed E-state index contributed by atoms with van der Waals surface area (Å²) >= 11 is 9.75. The summed E-state index contributed by atoms with van der Waals surface area (Å²) in [4.78, 5) is 15.8. The van der Waals surface area contributed by atoms with Crippen molar-refractivity contribution in [2.75, 3.05) is 11.5 Å². The number of nitrogens with zero attached hydrogens (tertiary/aromatic N) is 1. The molecule has 1 fully saturated rings. The number of pyridine rings is 1. The minimum Gasteiger partial charge on any atom is -0.423 e. The Morgan fingerprint density at radius 1 is 1.21 bits per heavy atom. The molecule has 0 amide bonds. The van der Waals surface area contributed by atoms with Crippen molar-refractivity contribution in [3.05, 3.63) is 65.0 Å². The van der Waals surface area contributed by atoms with E-state index in [-0.39, 0.29) is 0 Å². The molecule has 0 atom stereocenters. The van der Waals surface area contributed by atoms with Gasteiger partial charge in [0.1, 0.15) is 10.9 Å². The third-order valence-corrected chi connectivity index (χ3v) is 6.58. The zero-order chi connectivity index (χ0) is 16.8. The molecule has 0 spiro atoms. The average molecular weight is 378 g/mol. The molecule has 0 saturated carbocycles. The van der Waals surface area contributed by atoms with Crippen LogP contribution in [0.5, 0.6) is 5.75 Å². The SMILES string of the molecule is O=C(/C=C/c1ccnc(Cl)c1)Oc1ccc(C2SCCCS2)cc1. The van der Waals surface area contributed by atoms with Crippen LogP contribution in [0.2, 0.25) is 5.15 Å². The molecule has 0 radical (unpaired) electrons. The van der Waals surface area contributed by atoms with Crippen molar-refractivity contribution < 1.29 is 9.53 Å². The molecule has 6 heteroatoms. The zero-order valence-electron chi connectivity index (χ0n) is 12.9. The molecular formula is C18H16ClNO2S2. The highest BCUT2D eigenvalue weighted by atomic mass is 35.5. The van der Waals surface area contributed by atoms with Crippen LogP contribution in [0.4, 0.5) is 0 Å². The van der Waals surface area contributed by atoms with Gasteiger partial charge in [0.05, 0.1) is 4.58 Å². The van der Waals surface area contributed by atoms with Crippen LogP contribution in [0.3, 0.4) is 0 Å². The lowest BCUT2D eigenvalue weighted by Crippen LogP contribution is -2.04. The maximum absolute atomic E-state index is 11.9. The maximum atomic E-state index is 11.9. The first-order valence-corrected chi connectivity index (χ1v) is 10.0. The highest BCUT2D eigenvalue weighted by Gasteiger charge is 2.16. The topological polar surface area (TPSA) is 39.2 Å². The molecule has 1 saturated heterocycles. The van der Waals surface area contributed by atoms with Crippen molar-refractivity contribution in [3.63, 3.8) is 0 Å². The van der Waals surface area contributed by atoms with Crippen molar-refractivity contribution in [2.24, 2.45) is 0 Å². The summed E-state index contributed by atoms with van der Waals surface area (Å²) in [5, 5.41) is 0.388. The summed E-state index contributed by atoms with van der Waals surface area (Å²) in [6, 6.07) is 11.2. The van der Waals surface area contributed by atoms with Crippen molar-refractivity contribution in [3.8, 4) is 5.75 Å². The van der Waals surface area contributed by atoms with Crippen LogP contribution in [-0.2, 0) is 4.79 Å². The number of hydrogen-bond donors (Lipinski definition) is 0. The second-order valence-corrected chi connectivity index (χ2v) is 8.27. The monoisotopic (exact) mass is 377 g/mol. The van der Waals surface area contributed by atoms with E-state index in [1.807, 2.05) is 47.8 Å². The number of benzene rings is 1. The van der Waals surface area contributed by atoms with E-state index in [9.17, 15) is 4.79 Å². The van der Waals surface area contributed by atoms with E-state index < -0.39 is 5.97 Å². The van der Waals surface area contributed by atoms with Gasteiger partial charge in [0.2, 0.25) is 0 Å². The normalized spacial score (nSPS) is 15.5. The van der Waals surface area contributed by atoms with E-state index in [1.54, 1.807) is 24.4 Å². The molecule has 3 nitrogen and oxygen atoms in total. The lowest BCUT2D eigenvalue weighted by Gasteiger charge is -2.21. The molecule has 0 bridgehead atoms. The molecule has 1 aliphatic rings. The van der Waals surface area contributed by atoms with Gasteiger partial charge in [-0.05, 0) is 59.4 Å². The number of halogens is 1. The van der Waals surface area contributed by atoms with E-state index in [0.717, 1.165) is 5.56 Å². The molecule has 0 aliphatic carbocycles. The van der Waals surface area contributed by atoms with E-state index in [2.05, 4.69) is 4.98 Å². The predicted molar refractivity (Wildman–Crippen MR) is 103 cm³/mol. The quantitative estimate of drug-likeness (QED) is 0.316. The van der Waals surface area contributed by atoms with Crippen LogP contribution in [0.25, 0.3) is 6.08 Å². The smallest absolute Gasteiger partial charge is 0.336 e. The Balaban J connectivity index is 1.58. The lowest BCUT2D eigenvalue weighted by molar-refractivity contribution is -0.128. The largest absolute Gasteiger partial charge is 0.423 e. The van der Waals surface area contributed by atoms with Gasteiger partial charge < -0.3 is 4.74 Å². The van der Waals surface area contributed by atoms with Crippen LogP contribution in [-0.4, -0.2) is 22.5 Å². The van der Waals surface area contributed by atoms with E-state index in [4.69, 9.17) is 16.3 Å². The lowest BCUT2D eigenvalue weighted by atomic mass is 10.2. The van der Waals surface area contributed by atoms with Gasteiger partial charge in [0.15, 0.2) is 0 Å². The molecule has 1 aliphatic heterocycles. The Labute approximate surface area is 154 Å². The number of carbonyl (C=O) groups excluding carboxylic acids is 1. The number of hydrogen-bond acceptors (Lipinski definition) is 5. The van der Waals surface area contributed by atoms with Crippen LogP contribution in [0.1, 0.15) is 22.1 Å². The molecule has 124 valence electrons. The van der Waals surface area contributed by atoms with E-state index in [1.165, 1.54) is 29.6 Å². The Hall–Kier alpha value is -1.43. The molecule has 0 N–H and O–H groups in total. The van der Waals surface area contributed by atoms with Gasteiger partial charge in [-0.15, -0.1) is 23.5 Å². The number of thioether (sulfide) groups is 2. The van der Waals surface area contributed by atoms with Gasteiger partial charge in [-0.1, -0.05) is 23.7 Å². The first-order valence-electron chi connectivity index (χ1n) is 7.55. The molecule has 24 heavy (non-hydrogen) atoms. The van der Waals surface area contributed by atoms with E-state index >= 15 is 0 Å². The van der Waals surface area contributed by atoms with Gasteiger partial charge in [-0.2, -0.15) is 0 Å². The second kappa shape index (κ2) is 8.60. The third-order valence-electron chi connectivity index (χ3n) is 3.36. The fourth-order valence-corrected chi connectivity index (χ4v) is 5.29. The van der Waals surface area contributed by atoms with Crippen molar-refractivity contribution in [1.29, 1.82) is 0 Å². The number of esters is 1. The Morgan fingerprint density at radius 3 is 2.67 bits per heavy atom. The fourth-order valence-electron chi connectivity index (χ4n) is 2.21. The summed E-state index contributed by atoms with van der Waals surface area (Å²) in [6.45, 7) is 0. The molecule has 1 aromatic heterocycles. The van der Waals surface area contributed by atoms with Crippen molar-refractivity contribution >= 4 is 47.2 Å². The molecule has 2 aromatic rings. The highest BCUT2D eigenvalue weighted by molar-refractivity contribution is 8.16. The summed E-state index contributed by atoms with van der Waals surface area (Å²) in [6.07, 6.45) is 5.90. The first kappa shape index (κ1) is 17.4. The van der Waals surface area contributed by atoms with Gasteiger partial charge >= 0.3 is 5.97 Å². The molecule has 2 heterocycles. The molecule has 1 aromatic carbocycles. The first-order chi connectivity index (χ1) is 11.7. The van der Waals surface area contributed by atoms with Gasteiger partial charge in [-0.25, -0.2) is 9.78 Å². The van der Waals surface area contributed by atoms with Gasteiger partial charge in [-0.3, -0.25) is 0 Å². The van der Waals surface area contributed by atoms with E-state index in [0.29, 0.717) is 15.5 Å². The summed E-state index contributed by atoms with van der Waals surface area (Å²) in [5.74, 6) is 2.54. The van der Waals surface area contributed by atoms with Crippen molar-refractivity contribution in [1.82, 2.24) is 4.98 Å². The average Bonchev–Trinajstić information content (AvgIpc) is 2.61. The summed E-state index contributed by atoms with van der Waals surface area (Å²) in [7, 11) is 0. The molecule has 3 rings (SSSR count). The summed E-state index contributed by atoms with van der Waals surface area (Å²) in [5.41, 5.74) is 2.07. The minimum absolute atomic E-state index is 0.388. The van der Waals surface area contributed by atoms with Crippen molar-refractivity contribution in [2.45, 2.75) is 11.0 Å². The fraction of sp³-hybridized carbons (Fsp3) is 0.222. The Morgan fingerprint density at radius 2 is 1.96 bits per heavy atom. The number of ether oxygens (including phenoxy) is 1. The molecule has 0 unspecified atom stereocenters. The number of aromatic nitrogens is 1. The van der Waals surface area contributed by atoms with Gasteiger partial charge in [0, 0.05) is 12.3 Å².